The minimum atomic E-state index is -0.968. The van der Waals surface area contributed by atoms with Gasteiger partial charge in [-0.3, -0.25) is 0 Å². The molecule has 0 radical (unpaired) electrons. The van der Waals surface area contributed by atoms with Crippen molar-refractivity contribution in [1.82, 2.24) is 10.6 Å². The van der Waals surface area contributed by atoms with Crippen LogP contribution in [0.5, 0.6) is 5.75 Å². The van der Waals surface area contributed by atoms with E-state index in [9.17, 15) is 5.11 Å². The SMILES string of the molecule is CNC(CC(O)(Cc1ccccc1)c1ccc(OC)cc1)NC. The van der Waals surface area contributed by atoms with Crippen molar-refractivity contribution in [1.29, 1.82) is 0 Å². The van der Waals surface area contributed by atoms with Crippen LogP contribution in [0.2, 0.25) is 0 Å². The quantitative estimate of drug-likeness (QED) is 0.654. The van der Waals surface area contributed by atoms with Crippen LogP contribution in [-0.2, 0) is 12.0 Å². The summed E-state index contributed by atoms with van der Waals surface area (Å²) < 4.78 is 5.22. The molecule has 0 heterocycles. The molecular weight excluding hydrogens is 288 g/mol. The Labute approximate surface area is 138 Å². The van der Waals surface area contributed by atoms with Gasteiger partial charge in [-0.2, -0.15) is 0 Å². The molecule has 4 nitrogen and oxygen atoms in total. The number of benzene rings is 2. The third-order valence-corrected chi connectivity index (χ3v) is 4.21. The monoisotopic (exact) mass is 314 g/mol. The maximum Gasteiger partial charge on any atom is 0.118 e. The molecule has 0 aromatic heterocycles. The topological polar surface area (TPSA) is 53.5 Å². The highest BCUT2D eigenvalue weighted by Gasteiger charge is 2.32. The Kier molecular flexibility index (Phi) is 6.16. The highest BCUT2D eigenvalue weighted by atomic mass is 16.5. The fourth-order valence-electron chi connectivity index (χ4n) is 2.81. The standard InChI is InChI=1S/C19H26N2O2/c1-20-18(21-2)14-19(22,13-15-7-5-4-6-8-15)16-9-11-17(23-3)12-10-16/h4-12,18,20-22H,13-14H2,1-3H3. The van der Waals surface area contributed by atoms with Gasteiger partial charge in [0.25, 0.3) is 0 Å². The molecule has 0 aliphatic heterocycles. The number of hydrogen-bond donors (Lipinski definition) is 3. The second-order valence-corrected chi connectivity index (χ2v) is 5.76. The van der Waals surface area contributed by atoms with Crippen molar-refractivity contribution in [3.05, 3.63) is 65.7 Å². The molecule has 1 atom stereocenters. The largest absolute Gasteiger partial charge is 0.497 e. The summed E-state index contributed by atoms with van der Waals surface area (Å²) in [7, 11) is 5.42. The summed E-state index contributed by atoms with van der Waals surface area (Å²) in [5.74, 6) is 0.787. The van der Waals surface area contributed by atoms with E-state index in [1.165, 1.54) is 0 Å². The van der Waals surface area contributed by atoms with E-state index in [0.717, 1.165) is 16.9 Å². The first-order valence-corrected chi connectivity index (χ1v) is 7.86. The second kappa shape index (κ2) is 8.11. The molecule has 3 N–H and O–H groups in total. The molecule has 124 valence electrons. The van der Waals surface area contributed by atoms with Crippen molar-refractivity contribution in [2.24, 2.45) is 0 Å². The van der Waals surface area contributed by atoms with Gasteiger partial charge in [-0.05, 0) is 37.4 Å². The van der Waals surface area contributed by atoms with Crippen LogP contribution in [0.4, 0.5) is 0 Å². The maximum absolute atomic E-state index is 11.4. The molecule has 0 aliphatic carbocycles. The number of ether oxygens (including phenoxy) is 1. The van der Waals surface area contributed by atoms with Gasteiger partial charge in [-0.1, -0.05) is 42.5 Å². The molecule has 0 saturated carbocycles. The van der Waals surface area contributed by atoms with Crippen LogP contribution >= 0.6 is 0 Å². The smallest absolute Gasteiger partial charge is 0.118 e. The van der Waals surface area contributed by atoms with E-state index in [2.05, 4.69) is 10.6 Å². The van der Waals surface area contributed by atoms with E-state index in [4.69, 9.17) is 4.74 Å². The van der Waals surface area contributed by atoms with Gasteiger partial charge in [0, 0.05) is 12.8 Å². The van der Waals surface area contributed by atoms with Gasteiger partial charge in [-0.25, -0.2) is 0 Å². The van der Waals surface area contributed by atoms with Crippen molar-refractivity contribution in [3.8, 4) is 5.75 Å². The third-order valence-electron chi connectivity index (χ3n) is 4.21. The molecule has 0 spiro atoms. The molecule has 1 unspecified atom stereocenters. The summed E-state index contributed by atoms with van der Waals surface area (Å²) in [6, 6.07) is 17.7. The summed E-state index contributed by atoms with van der Waals surface area (Å²) >= 11 is 0. The molecule has 2 rings (SSSR count). The summed E-state index contributed by atoms with van der Waals surface area (Å²) in [6.07, 6.45) is 1.13. The summed E-state index contributed by atoms with van der Waals surface area (Å²) in [6.45, 7) is 0. The molecule has 0 fully saturated rings. The van der Waals surface area contributed by atoms with Crippen molar-refractivity contribution in [2.45, 2.75) is 24.6 Å². The molecule has 2 aromatic carbocycles. The lowest BCUT2D eigenvalue weighted by atomic mass is 9.83. The van der Waals surface area contributed by atoms with Crippen molar-refractivity contribution in [3.63, 3.8) is 0 Å². The molecule has 4 heteroatoms. The van der Waals surface area contributed by atoms with E-state index in [-0.39, 0.29) is 6.17 Å². The lowest BCUT2D eigenvalue weighted by Crippen LogP contribution is -2.45. The molecule has 0 aliphatic rings. The third kappa shape index (κ3) is 4.55. The predicted molar refractivity (Wildman–Crippen MR) is 93.6 cm³/mol. The zero-order valence-corrected chi connectivity index (χ0v) is 14.0. The van der Waals surface area contributed by atoms with Crippen LogP contribution in [0.15, 0.2) is 54.6 Å². The molecule has 0 saturated heterocycles. The van der Waals surface area contributed by atoms with Crippen LogP contribution in [0.3, 0.4) is 0 Å². The highest BCUT2D eigenvalue weighted by Crippen LogP contribution is 2.31. The van der Waals surface area contributed by atoms with E-state index in [1.807, 2.05) is 68.7 Å². The zero-order chi connectivity index (χ0) is 16.7. The Morgan fingerprint density at radius 3 is 2.13 bits per heavy atom. The molecule has 2 aromatic rings. The fourth-order valence-corrected chi connectivity index (χ4v) is 2.81. The Balaban J connectivity index is 2.32. The molecule has 0 bridgehead atoms. The lowest BCUT2D eigenvalue weighted by Gasteiger charge is -2.33. The van der Waals surface area contributed by atoms with Gasteiger partial charge >= 0.3 is 0 Å². The van der Waals surface area contributed by atoms with Crippen molar-refractivity contribution in [2.75, 3.05) is 21.2 Å². The Bertz CT molecular complexity index is 582. The van der Waals surface area contributed by atoms with Gasteiger partial charge < -0.3 is 20.5 Å². The summed E-state index contributed by atoms with van der Waals surface area (Å²) in [4.78, 5) is 0. The maximum atomic E-state index is 11.4. The molecular formula is C19H26N2O2. The van der Waals surface area contributed by atoms with E-state index < -0.39 is 5.60 Å². The summed E-state index contributed by atoms with van der Waals surface area (Å²) in [5.41, 5.74) is 1.03. The van der Waals surface area contributed by atoms with Crippen LogP contribution in [0.1, 0.15) is 17.5 Å². The zero-order valence-electron chi connectivity index (χ0n) is 14.0. The molecule has 0 amide bonds. The highest BCUT2D eigenvalue weighted by molar-refractivity contribution is 5.33. The Morgan fingerprint density at radius 1 is 1.00 bits per heavy atom. The van der Waals surface area contributed by atoms with Gasteiger partial charge in [0.15, 0.2) is 0 Å². The van der Waals surface area contributed by atoms with Crippen LogP contribution in [0.25, 0.3) is 0 Å². The number of methoxy groups -OCH3 is 1. The van der Waals surface area contributed by atoms with Crippen LogP contribution < -0.4 is 15.4 Å². The minimum Gasteiger partial charge on any atom is -0.497 e. The minimum absolute atomic E-state index is 0.0193. The first-order chi connectivity index (χ1) is 11.1. The number of aliphatic hydroxyl groups is 1. The Morgan fingerprint density at radius 2 is 1.61 bits per heavy atom. The normalized spacial score (nSPS) is 13.8. The van der Waals surface area contributed by atoms with Gasteiger partial charge in [-0.15, -0.1) is 0 Å². The van der Waals surface area contributed by atoms with E-state index in [1.54, 1.807) is 7.11 Å². The average Bonchev–Trinajstić information content (AvgIpc) is 2.60. The lowest BCUT2D eigenvalue weighted by molar-refractivity contribution is 0.0150. The van der Waals surface area contributed by atoms with Gasteiger partial charge in [0.1, 0.15) is 5.75 Å². The fraction of sp³-hybridized carbons (Fsp3) is 0.368. The number of rotatable bonds is 8. The first-order valence-electron chi connectivity index (χ1n) is 7.86. The predicted octanol–water partition coefficient (Wildman–Crippen LogP) is 2.28. The summed E-state index contributed by atoms with van der Waals surface area (Å²) in [5, 5.41) is 17.8. The molecule has 23 heavy (non-hydrogen) atoms. The van der Waals surface area contributed by atoms with Gasteiger partial charge in [0.05, 0.1) is 18.9 Å². The first kappa shape index (κ1) is 17.5. The number of nitrogens with one attached hydrogen (secondary N) is 2. The Hall–Kier alpha value is -1.88. The second-order valence-electron chi connectivity index (χ2n) is 5.76. The van der Waals surface area contributed by atoms with E-state index >= 15 is 0 Å². The number of hydrogen-bond acceptors (Lipinski definition) is 4. The van der Waals surface area contributed by atoms with Crippen LogP contribution in [0, 0.1) is 0 Å². The van der Waals surface area contributed by atoms with Crippen molar-refractivity contribution < 1.29 is 9.84 Å². The van der Waals surface area contributed by atoms with E-state index in [0.29, 0.717) is 12.8 Å². The van der Waals surface area contributed by atoms with Gasteiger partial charge in [0.2, 0.25) is 0 Å². The van der Waals surface area contributed by atoms with Crippen molar-refractivity contribution >= 4 is 0 Å². The van der Waals surface area contributed by atoms with Crippen LogP contribution in [-0.4, -0.2) is 32.5 Å². The average molecular weight is 314 g/mol.